The second-order valence-electron chi connectivity index (χ2n) is 4.36. The Morgan fingerprint density at radius 2 is 2.06 bits per heavy atom. The molecule has 0 bridgehead atoms. The molecule has 1 atom stereocenters. The van der Waals surface area contributed by atoms with Crippen molar-refractivity contribution >= 4 is 0 Å². The van der Waals surface area contributed by atoms with Crippen LogP contribution in [-0.2, 0) is 6.42 Å². The van der Waals surface area contributed by atoms with Crippen LogP contribution in [0.4, 0.5) is 0 Å². The molecule has 1 unspecified atom stereocenters. The van der Waals surface area contributed by atoms with Crippen LogP contribution < -0.4 is 4.74 Å². The Balaban J connectivity index is 2.98. The van der Waals surface area contributed by atoms with Gasteiger partial charge in [0.15, 0.2) is 0 Å². The maximum atomic E-state index is 5.71. The van der Waals surface area contributed by atoms with Crippen molar-refractivity contribution in [2.45, 2.75) is 46.5 Å². The first kappa shape index (κ1) is 13.8. The predicted octanol–water partition coefficient (Wildman–Crippen LogP) is 4.72. The highest BCUT2D eigenvalue weighted by Gasteiger charge is 2.11. The molecular formula is C16H24O. The lowest BCUT2D eigenvalue weighted by Gasteiger charge is -2.16. The molecule has 0 heterocycles. The first-order valence-electron chi connectivity index (χ1n) is 6.59. The van der Waals surface area contributed by atoms with Crippen LogP contribution in [0.25, 0.3) is 0 Å². The van der Waals surface area contributed by atoms with Gasteiger partial charge < -0.3 is 4.74 Å². The number of allylic oxidation sites excluding steroid dienone is 2. The van der Waals surface area contributed by atoms with Gasteiger partial charge >= 0.3 is 0 Å². The van der Waals surface area contributed by atoms with E-state index in [0.29, 0.717) is 5.92 Å². The Labute approximate surface area is 106 Å². The average Bonchev–Trinajstić information content (AvgIpc) is 2.36. The highest BCUT2D eigenvalue weighted by atomic mass is 16.5. The smallest absolute Gasteiger partial charge is 0.122 e. The van der Waals surface area contributed by atoms with Gasteiger partial charge in [0.05, 0.1) is 6.61 Å². The van der Waals surface area contributed by atoms with E-state index in [4.69, 9.17) is 4.74 Å². The van der Waals surface area contributed by atoms with E-state index in [0.717, 1.165) is 25.2 Å². The molecule has 0 fully saturated rings. The minimum atomic E-state index is 0.513. The zero-order valence-corrected chi connectivity index (χ0v) is 11.5. The monoisotopic (exact) mass is 232 g/mol. The number of benzene rings is 1. The van der Waals surface area contributed by atoms with E-state index in [1.54, 1.807) is 0 Å². The molecule has 0 aromatic heterocycles. The standard InChI is InChI=1S/C16H24O/c1-5-8-9-13(4)15-12-14(6-2)10-11-16(15)17-7-3/h5,8,10-13H,6-7,9H2,1-4H3/b8-5-. The minimum Gasteiger partial charge on any atom is -0.494 e. The van der Waals surface area contributed by atoms with Gasteiger partial charge in [-0.3, -0.25) is 0 Å². The summed E-state index contributed by atoms with van der Waals surface area (Å²) in [4.78, 5) is 0. The lowest BCUT2D eigenvalue weighted by atomic mass is 9.94. The summed E-state index contributed by atoms with van der Waals surface area (Å²) >= 11 is 0. The first-order chi connectivity index (χ1) is 8.22. The molecule has 1 nitrogen and oxygen atoms in total. The van der Waals surface area contributed by atoms with Gasteiger partial charge in [-0.05, 0) is 49.8 Å². The summed E-state index contributed by atoms with van der Waals surface area (Å²) in [6.07, 6.45) is 6.49. The topological polar surface area (TPSA) is 9.23 Å². The van der Waals surface area contributed by atoms with Crippen LogP contribution in [0.1, 0.15) is 51.2 Å². The van der Waals surface area contributed by atoms with Gasteiger partial charge in [0.1, 0.15) is 5.75 Å². The third-order valence-corrected chi connectivity index (χ3v) is 3.04. The van der Waals surface area contributed by atoms with E-state index in [1.165, 1.54) is 11.1 Å². The molecule has 94 valence electrons. The zero-order chi connectivity index (χ0) is 12.7. The van der Waals surface area contributed by atoms with Crippen LogP contribution in [0.5, 0.6) is 5.75 Å². The van der Waals surface area contributed by atoms with Crippen LogP contribution in [0.3, 0.4) is 0 Å². The summed E-state index contributed by atoms with van der Waals surface area (Å²) in [6, 6.07) is 6.57. The summed E-state index contributed by atoms with van der Waals surface area (Å²) in [7, 11) is 0. The zero-order valence-electron chi connectivity index (χ0n) is 11.5. The number of hydrogen-bond acceptors (Lipinski definition) is 1. The highest BCUT2D eigenvalue weighted by Crippen LogP contribution is 2.30. The summed E-state index contributed by atoms with van der Waals surface area (Å²) in [5.74, 6) is 1.56. The highest BCUT2D eigenvalue weighted by molar-refractivity contribution is 5.40. The van der Waals surface area contributed by atoms with Crippen molar-refractivity contribution in [1.29, 1.82) is 0 Å². The second-order valence-corrected chi connectivity index (χ2v) is 4.36. The average molecular weight is 232 g/mol. The third kappa shape index (κ3) is 3.92. The van der Waals surface area contributed by atoms with E-state index in [9.17, 15) is 0 Å². The summed E-state index contributed by atoms with van der Waals surface area (Å²) < 4.78 is 5.71. The fraction of sp³-hybridized carbons (Fsp3) is 0.500. The quantitative estimate of drug-likeness (QED) is 0.645. The Bertz CT molecular complexity index is 366. The predicted molar refractivity (Wildman–Crippen MR) is 74.8 cm³/mol. The Kier molecular flexibility index (Phi) is 5.82. The molecular weight excluding hydrogens is 208 g/mol. The van der Waals surface area contributed by atoms with Crippen LogP contribution >= 0.6 is 0 Å². The van der Waals surface area contributed by atoms with Gasteiger partial charge in [0, 0.05) is 0 Å². The van der Waals surface area contributed by atoms with E-state index in [1.807, 2.05) is 6.92 Å². The molecule has 1 aromatic rings. The molecule has 1 heteroatoms. The van der Waals surface area contributed by atoms with Crippen LogP contribution in [-0.4, -0.2) is 6.61 Å². The molecule has 0 aliphatic heterocycles. The molecule has 1 rings (SSSR count). The van der Waals surface area contributed by atoms with Crippen LogP contribution in [0.2, 0.25) is 0 Å². The van der Waals surface area contributed by atoms with Crippen molar-refractivity contribution in [2.75, 3.05) is 6.61 Å². The molecule has 0 aliphatic rings. The maximum Gasteiger partial charge on any atom is 0.122 e. The Morgan fingerprint density at radius 1 is 1.29 bits per heavy atom. The minimum absolute atomic E-state index is 0.513. The lowest BCUT2D eigenvalue weighted by molar-refractivity contribution is 0.334. The van der Waals surface area contributed by atoms with Crippen molar-refractivity contribution in [1.82, 2.24) is 0 Å². The largest absolute Gasteiger partial charge is 0.494 e. The van der Waals surface area contributed by atoms with E-state index < -0.39 is 0 Å². The molecule has 0 N–H and O–H groups in total. The summed E-state index contributed by atoms with van der Waals surface area (Å²) in [6.45, 7) is 9.29. The van der Waals surface area contributed by atoms with E-state index in [-0.39, 0.29) is 0 Å². The third-order valence-electron chi connectivity index (χ3n) is 3.04. The molecule has 0 radical (unpaired) electrons. The van der Waals surface area contributed by atoms with Gasteiger partial charge in [0.25, 0.3) is 0 Å². The van der Waals surface area contributed by atoms with Gasteiger partial charge in [-0.25, -0.2) is 0 Å². The second kappa shape index (κ2) is 7.16. The maximum absolute atomic E-state index is 5.71. The van der Waals surface area contributed by atoms with Crippen molar-refractivity contribution in [3.8, 4) is 5.75 Å². The molecule has 0 saturated heterocycles. The fourth-order valence-electron chi connectivity index (χ4n) is 1.96. The van der Waals surface area contributed by atoms with E-state index >= 15 is 0 Å². The van der Waals surface area contributed by atoms with Crippen molar-refractivity contribution < 1.29 is 4.74 Å². The van der Waals surface area contributed by atoms with Gasteiger partial charge in [-0.1, -0.05) is 38.1 Å². The molecule has 0 spiro atoms. The van der Waals surface area contributed by atoms with E-state index in [2.05, 4.69) is 51.1 Å². The van der Waals surface area contributed by atoms with Crippen molar-refractivity contribution in [2.24, 2.45) is 0 Å². The van der Waals surface area contributed by atoms with Gasteiger partial charge in [0.2, 0.25) is 0 Å². The summed E-state index contributed by atoms with van der Waals surface area (Å²) in [5, 5.41) is 0. The number of ether oxygens (including phenoxy) is 1. The molecule has 0 amide bonds. The normalized spacial score (nSPS) is 12.9. The SMILES string of the molecule is C/C=C\CC(C)c1cc(CC)ccc1OCC. The molecule has 1 aromatic carbocycles. The van der Waals surface area contributed by atoms with Gasteiger partial charge in [-0.15, -0.1) is 0 Å². The number of aryl methyl sites for hydroxylation is 1. The van der Waals surface area contributed by atoms with Gasteiger partial charge in [-0.2, -0.15) is 0 Å². The molecule has 17 heavy (non-hydrogen) atoms. The van der Waals surface area contributed by atoms with Crippen LogP contribution in [0.15, 0.2) is 30.4 Å². The van der Waals surface area contributed by atoms with Crippen molar-refractivity contribution in [3.63, 3.8) is 0 Å². The Morgan fingerprint density at radius 3 is 2.65 bits per heavy atom. The summed E-state index contributed by atoms with van der Waals surface area (Å²) in [5.41, 5.74) is 2.72. The Hall–Kier alpha value is -1.24. The lowest BCUT2D eigenvalue weighted by Crippen LogP contribution is -2.01. The first-order valence-corrected chi connectivity index (χ1v) is 6.59. The fourth-order valence-corrected chi connectivity index (χ4v) is 1.96. The van der Waals surface area contributed by atoms with Crippen LogP contribution in [0, 0.1) is 0 Å². The van der Waals surface area contributed by atoms with Crippen molar-refractivity contribution in [3.05, 3.63) is 41.5 Å². The molecule has 0 saturated carbocycles. The molecule has 0 aliphatic carbocycles. The number of hydrogen-bond donors (Lipinski definition) is 0. The number of rotatable bonds is 6.